The summed E-state index contributed by atoms with van der Waals surface area (Å²) in [6.07, 6.45) is 5.39. The molecule has 1 fully saturated rings. The van der Waals surface area contributed by atoms with E-state index >= 15 is 0 Å². The number of ether oxygens (including phenoxy) is 1. The van der Waals surface area contributed by atoms with Crippen molar-refractivity contribution in [2.24, 2.45) is 5.92 Å². The number of likely N-dealkylation sites (tertiary alicyclic amines) is 1. The first kappa shape index (κ1) is 14.2. The molecule has 1 aliphatic heterocycles. The van der Waals surface area contributed by atoms with Crippen LogP contribution in [-0.2, 0) is 6.54 Å². The van der Waals surface area contributed by atoms with Crippen molar-refractivity contribution >= 4 is 5.69 Å². The number of piperidine rings is 1. The number of nitrogens with two attached hydrogens (primary N) is 1. The summed E-state index contributed by atoms with van der Waals surface area (Å²) in [5, 5.41) is 0. The van der Waals surface area contributed by atoms with Gasteiger partial charge in [-0.3, -0.25) is 4.90 Å². The predicted octanol–water partition coefficient (Wildman–Crippen LogP) is 3.29. The third-order valence-electron chi connectivity index (χ3n) is 4.03. The van der Waals surface area contributed by atoms with E-state index in [0.29, 0.717) is 0 Å². The Morgan fingerprint density at radius 1 is 1.26 bits per heavy atom. The van der Waals surface area contributed by atoms with E-state index in [1.807, 2.05) is 6.07 Å². The Bertz CT molecular complexity index is 398. The van der Waals surface area contributed by atoms with E-state index in [0.717, 1.165) is 23.9 Å². The molecule has 3 heteroatoms. The van der Waals surface area contributed by atoms with Gasteiger partial charge in [0.15, 0.2) is 0 Å². The van der Waals surface area contributed by atoms with Gasteiger partial charge in [0.25, 0.3) is 0 Å². The summed E-state index contributed by atoms with van der Waals surface area (Å²) in [5.74, 6) is 1.80. The Kier molecular flexibility index (Phi) is 5.08. The Labute approximate surface area is 116 Å². The fourth-order valence-corrected chi connectivity index (χ4v) is 2.99. The maximum absolute atomic E-state index is 5.90. The van der Waals surface area contributed by atoms with Gasteiger partial charge in [-0.25, -0.2) is 0 Å². The van der Waals surface area contributed by atoms with Gasteiger partial charge in [0, 0.05) is 18.3 Å². The highest BCUT2D eigenvalue weighted by Gasteiger charge is 2.18. The standard InChI is InChI=1S/C16H26N2O/c1-3-4-13-5-7-18(8-6-13)12-14-9-15(17)11-16(10-14)19-2/h9-11,13H,3-8,12,17H2,1-2H3. The zero-order valence-corrected chi connectivity index (χ0v) is 12.2. The van der Waals surface area contributed by atoms with Crippen molar-refractivity contribution in [1.29, 1.82) is 0 Å². The molecule has 3 nitrogen and oxygen atoms in total. The predicted molar refractivity (Wildman–Crippen MR) is 80.3 cm³/mol. The molecule has 0 saturated carbocycles. The van der Waals surface area contributed by atoms with Crippen LogP contribution in [0.1, 0.15) is 38.2 Å². The molecule has 0 aromatic heterocycles. The molecule has 0 aliphatic carbocycles. The van der Waals surface area contributed by atoms with E-state index in [1.165, 1.54) is 44.3 Å². The molecule has 1 aliphatic rings. The van der Waals surface area contributed by atoms with Crippen LogP contribution in [0.3, 0.4) is 0 Å². The summed E-state index contributed by atoms with van der Waals surface area (Å²) in [6.45, 7) is 5.69. The van der Waals surface area contributed by atoms with E-state index in [4.69, 9.17) is 10.5 Å². The largest absolute Gasteiger partial charge is 0.497 e. The molecule has 0 radical (unpaired) electrons. The Balaban J connectivity index is 1.90. The molecule has 19 heavy (non-hydrogen) atoms. The zero-order chi connectivity index (χ0) is 13.7. The molecule has 106 valence electrons. The highest BCUT2D eigenvalue weighted by atomic mass is 16.5. The molecule has 1 aromatic rings. The van der Waals surface area contributed by atoms with Gasteiger partial charge in [-0.15, -0.1) is 0 Å². The normalized spacial score (nSPS) is 17.6. The van der Waals surface area contributed by atoms with Crippen LogP contribution < -0.4 is 10.5 Å². The molecule has 1 heterocycles. The van der Waals surface area contributed by atoms with E-state index < -0.39 is 0 Å². The lowest BCUT2D eigenvalue weighted by atomic mass is 9.92. The minimum Gasteiger partial charge on any atom is -0.497 e. The first-order valence-electron chi connectivity index (χ1n) is 7.37. The van der Waals surface area contributed by atoms with Crippen LogP contribution in [0.25, 0.3) is 0 Å². The minimum atomic E-state index is 0.787. The Hall–Kier alpha value is -1.22. The summed E-state index contributed by atoms with van der Waals surface area (Å²) < 4.78 is 5.28. The van der Waals surface area contributed by atoms with Gasteiger partial charge >= 0.3 is 0 Å². The summed E-state index contributed by atoms with van der Waals surface area (Å²) in [4.78, 5) is 2.53. The lowest BCUT2D eigenvalue weighted by Gasteiger charge is -2.32. The molecule has 0 atom stereocenters. The van der Waals surface area contributed by atoms with Gasteiger partial charge < -0.3 is 10.5 Å². The summed E-state index contributed by atoms with van der Waals surface area (Å²) >= 11 is 0. The van der Waals surface area contributed by atoms with Gasteiger partial charge in [-0.1, -0.05) is 19.8 Å². The average Bonchev–Trinajstić information content (AvgIpc) is 2.40. The number of benzene rings is 1. The maximum Gasteiger partial charge on any atom is 0.121 e. The number of hydrogen-bond donors (Lipinski definition) is 1. The van der Waals surface area contributed by atoms with Crippen LogP contribution >= 0.6 is 0 Å². The van der Waals surface area contributed by atoms with Crippen LogP contribution in [0.15, 0.2) is 18.2 Å². The Morgan fingerprint density at radius 2 is 2.00 bits per heavy atom. The van der Waals surface area contributed by atoms with Gasteiger partial charge in [-0.05, 0) is 49.5 Å². The smallest absolute Gasteiger partial charge is 0.121 e. The van der Waals surface area contributed by atoms with Gasteiger partial charge in [0.2, 0.25) is 0 Å². The second kappa shape index (κ2) is 6.80. The monoisotopic (exact) mass is 262 g/mol. The highest BCUT2D eigenvalue weighted by Crippen LogP contribution is 2.24. The summed E-state index contributed by atoms with van der Waals surface area (Å²) in [7, 11) is 1.69. The molecule has 0 amide bonds. The number of nitrogens with zero attached hydrogens (tertiary/aromatic N) is 1. The fourth-order valence-electron chi connectivity index (χ4n) is 2.99. The lowest BCUT2D eigenvalue weighted by molar-refractivity contribution is 0.171. The van der Waals surface area contributed by atoms with E-state index in [-0.39, 0.29) is 0 Å². The zero-order valence-electron chi connectivity index (χ0n) is 12.2. The molecule has 1 aromatic carbocycles. The third kappa shape index (κ3) is 4.13. The van der Waals surface area contributed by atoms with Gasteiger partial charge in [0.1, 0.15) is 5.75 Å². The second-order valence-corrected chi connectivity index (χ2v) is 5.62. The van der Waals surface area contributed by atoms with Crippen molar-refractivity contribution in [3.63, 3.8) is 0 Å². The minimum absolute atomic E-state index is 0.787. The fraction of sp³-hybridized carbons (Fsp3) is 0.625. The number of anilines is 1. The van der Waals surface area contributed by atoms with Crippen molar-refractivity contribution in [1.82, 2.24) is 4.90 Å². The molecular weight excluding hydrogens is 236 g/mol. The quantitative estimate of drug-likeness (QED) is 0.828. The summed E-state index contributed by atoms with van der Waals surface area (Å²) in [6, 6.07) is 6.02. The van der Waals surface area contributed by atoms with Crippen molar-refractivity contribution in [3.05, 3.63) is 23.8 Å². The average molecular weight is 262 g/mol. The summed E-state index contributed by atoms with van der Waals surface area (Å²) in [5.41, 5.74) is 7.95. The maximum atomic E-state index is 5.90. The number of hydrogen-bond acceptors (Lipinski definition) is 3. The number of nitrogen functional groups attached to an aromatic ring is 1. The van der Waals surface area contributed by atoms with Crippen LogP contribution in [0.4, 0.5) is 5.69 Å². The molecule has 0 bridgehead atoms. The number of methoxy groups -OCH3 is 1. The molecule has 2 N–H and O–H groups in total. The van der Waals surface area contributed by atoms with Crippen molar-refractivity contribution < 1.29 is 4.74 Å². The van der Waals surface area contributed by atoms with Crippen LogP contribution in [0.5, 0.6) is 5.75 Å². The highest BCUT2D eigenvalue weighted by molar-refractivity contribution is 5.47. The van der Waals surface area contributed by atoms with Gasteiger partial charge in [-0.2, -0.15) is 0 Å². The second-order valence-electron chi connectivity index (χ2n) is 5.62. The first-order valence-corrected chi connectivity index (χ1v) is 7.37. The lowest BCUT2D eigenvalue weighted by Crippen LogP contribution is -2.33. The van der Waals surface area contributed by atoms with Crippen molar-refractivity contribution in [2.45, 2.75) is 39.2 Å². The molecular formula is C16H26N2O. The van der Waals surface area contributed by atoms with Crippen molar-refractivity contribution in [2.75, 3.05) is 25.9 Å². The topological polar surface area (TPSA) is 38.5 Å². The SMILES string of the molecule is CCCC1CCN(Cc2cc(N)cc(OC)c2)CC1. The van der Waals surface area contributed by atoms with Crippen LogP contribution in [0, 0.1) is 5.92 Å². The van der Waals surface area contributed by atoms with Crippen LogP contribution in [0.2, 0.25) is 0 Å². The molecule has 0 unspecified atom stereocenters. The molecule has 2 rings (SSSR count). The first-order chi connectivity index (χ1) is 9.21. The molecule has 0 spiro atoms. The van der Waals surface area contributed by atoms with E-state index in [1.54, 1.807) is 7.11 Å². The van der Waals surface area contributed by atoms with Gasteiger partial charge in [0.05, 0.1) is 7.11 Å². The van der Waals surface area contributed by atoms with E-state index in [9.17, 15) is 0 Å². The van der Waals surface area contributed by atoms with Crippen LogP contribution in [-0.4, -0.2) is 25.1 Å². The number of rotatable bonds is 5. The Morgan fingerprint density at radius 3 is 2.63 bits per heavy atom. The molecule has 1 saturated heterocycles. The third-order valence-corrected chi connectivity index (χ3v) is 4.03. The van der Waals surface area contributed by atoms with E-state index in [2.05, 4.69) is 24.0 Å². The van der Waals surface area contributed by atoms with Crippen molar-refractivity contribution in [3.8, 4) is 5.75 Å².